The molecule has 0 aromatic heterocycles. The van der Waals surface area contributed by atoms with Crippen molar-refractivity contribution in [2.24, 2.45) is 5.41 Å². The van der Waals surface area contributed by atoms with Crippen LogP contribution in [0.4, 0.5) is 10.1 Å². The Labute approximate surface area is 253 Å². The van der Waals surface area contributed by atoms with Crippen LogP contribution in [0.25, 0.3) is 0 Å². The molecular weight excluding hydrogens is 567 g/mol. The molecule has 2 atom stereocenters. The Morgan fingerprint density at radius 3 is 2.33 bits per heavy atom. The predicted molar refractivity (Wildman–Crippen MR) is 163 cm³/mol. The minimum absolute atomic E-state index is 0.00777. The predicted octanol–water partition coefficient (Wildman–Crippen LogP) is 7.56. The zero-order chi connectivity index (χ0) is 31.4. The topological polar surface area (TPSA) is 116 Å². The number of nitriles is 1. The van der Waals surface area contributed by atoms with Crippen LogP contribution in [-0.4, -0.2) is 25.1 Å². The Kier molecular flexibility index (Phi) is 9.31. The van der Waals surface area contributed by atoms with E-state index in [0.29, 0.717) is 36.1 Å². The van der Waals surface area contributed by atoms with Gasteiger partial charge in [-0.3, -0.25) is 4.72 Å². The molecule has 0 spiro atoms. The minimum atomic E-state index is -3.95. The van der Waals surface area contributed by atoms with Gasteiger partial charge in [0, 0.05) is 18.0 Å². The fraction of sp³-hybridized carbons (Fsp3) is 0.353. The Morgan fingerprint density at radius 1 is 1.07 bits per heavy atom. The number of nitrogens with zero attached hydrogens (tertiary/aromatic N) is 1. The zero-order valence-corrected chi connectivity index (χ0v) is 25.7. The van der Waals surface area contributed by atoms with Gasteiger partial charge in [0.25, 0.3) is 10.0 Å². The van der Waals surface area contributed by atoms with Crippen molar-refractivity contribution in [2.75, 3.05) is 4.72 Å². The van der Waals surface area contributed by atoms with Crippen LogP contribution in [0, 0.1) is 22.6 Å². The number of carbonyl (C=O) groups is 1. The zero-order valence-electron chi connectivity index (χ0n) is 24.9. The number of aryl methyl sites for hydroxylation is 1. The van der Waals surface area contributed by atoms with Gasteiger partial charge in [-0.05, 0) is 84.3 Å². The monoisotopic (exact) mass is 604 g/mol. The summed E-state index contributed by atoms with van der Waals surface area (Å²) in [5, 5.41) is 20.5. The second-order valence-corrected chi connectivity index (χ2v) is 13.8. The average molecular weight is 605 g/mol. The lowest BCUT2D eigenvalue weighted by molar-refractivity contribution is -0.161. The third-order valence-corrected chi connectivity index (χ3v) is 9.14. The molecule has 1 aliphatic rings. The molecule has 3 aromatic carbocycles. The van der Waals surface area contributed by atoms with Crippen molar-refractivity contribution in [3.8, 4) is 6.07 Å². The summed E-state index contributed by atoms with van der Waals surface area (Å²) < 4.78 is 48.3. The molecule has 3 aromatic rings. The number of benzene rings is 3. The number of halogens is 1. The summed E-state index contributed by atoms with van der Waals surface area (Å²) in [4.78, 5) is 13.7. The van der Waals surface area contributed by atoms with Crippen molar-refractivity contribution in [2.45, 2.75) is 76.2 Å². The van der Waals surface area contributed by atoms with Gasteiger partial charge in [0.2, 0.25) is 0 Å². The number of hydrogen-bond acceptors (Lipinski definition) is 6. The minimum Gasteiger partial charge on any atom is -0.512 e. The van der Waals surface area contributed by atoms with Crippen LogP contribution in [0.3, 0.4) is 0 Å². The van der Waals surface area contributed by atoms with Crippen molar-refractivity contribution < 1.29 is 27.4 Å². The lowest BCUT2D eigenvalue weighted by Gasteiger charge is -2.41. The summed E-state index contributed by atoms with van der Waals surface area (Å²) in [6.07, 6.45) is 2.48. The normalized spacial score (nSPS) is 18.1. The molecule has 1 aliphatic heterocycles. The molecule has 4 rings (SSSR count). The van der Waals surface area contributed by atoms with E-state index in [-0.39, 0.29) is 28.5 Å². The molecule has 2 N–H and O–H groups in total. The number of esters is 1. The van der Waals surface area contributed by atoms with Crippen LogP contribution in [0.1, 0.15) is 76.0 Å². The van der Waals surface area contributed by atoms with E-state index in [4.69, 9.17) is 10.00 Å². The maximum Gasteiger partial charge on any atom is 0.338 e. The fourth-order valence-electron chi connectivity index (χ4n) is 5.78. The first-order valence-corrected chi connectivity index (χ1v) is 15.8. The number of nitrogens with one attached hydrogen (secondary N) is 1. The molecule has 0 saturated carbocycles. The number of aliphatic hydroxyl groups is 1. The summed E-state index contributed by atoms with van der Waals surface area (Å²) in [5.41, 5.74) is 0.906. The number of aliphatic hydroxyl groups excluding tert-OH is 1. The van der Waals surface area contributed by atoms with Crippen LogP contribution >= 0.6 is 0 Å². The van der Waals surface area contributed by atoms with Gasteiger partial charge < -0.3 is 9.84 Å². The maximum absolute atomic E-state index is 13.7. The van der Waals surface area contributed by atoms with Crippen molar-refractivity contribution >= 4 is 21.7 Å². The van der Waals surface area contributed by atoms with Gasteiger partial charge in [-0.1, -0.05) is 58.4 Å². The van der Waals surface area contributed by atoms with E-state index < -0.39 is 32.9 Å². The summed E-state index contributed by atoms with van der Waals surface area (Å²) in [6.45, 7) is 7.83. The molecule has 2 unspecified atom stereocenters. The quantitative estimate of drug-likeness (QED) is 0.231. The molecule has 0 radical (unpaired) electrons. The number of anilines is 1. The standard InChI is InChI=1S/C34H37FN2O5S/c1-5-18-34(19-17-23-9-13-26(35)14-10-23)21-29(38)30(32(39)42-34)31(33(2,3)4)25-7-6-8-27(20-25)37-43(40,41)28-15-11-24(22-36)12-16-28/h6-16,20,31,37-38H,5,17-19,21H2,1-4H3. The molecule has 226 valence electrons. The molecule has 0 aliphatic carbocycles. The molecule has 0 saturated heterocycles. The summed E-state index contributed by atoms with van der Waals surface area (Å²) in [5.74, 6) is -1.55. The number of sulfonamides is 1. The van der Waals surface area contributed by atoms with Gasteiger partial charge >= 0.3 is 5.97 Å². The van der Waals surface area contributed by atoms with E-state index in [0.717, 1.165) is 12.0 Å². The second kappa shape index (κ2) is 12.6. The van der Waals surface area contributed by atoms with E-state index in [1.165, 1.54) is 36.4 Å². The molecule has 0 bridgehead atoms. The highest BCUT2D eigenvalue weighted by atomic mass is 32.2. The highest BCUT2D eigenvalue weighted by molar-refractivity contribution is 7.92. The number of rotatable bonds is 10. The van der Waals surface area contributed by atoms with Crippen molar-refractivity contribution in [1.29, 1.82) is 5.26 Å². The van der Waals surface area contributed by atoms with Crippen LogP contribution in [0.2, 0.25) is 0 Å². The summed E-state index contributed by atoms with van der Waals surface area (Å²) in [6, 6.07) is 20.5. The van der Waals surface area contributed by atoms with Gasteiger partial charge in [0.05, 0.1) is 22.1 Å². The van der Waals surface area contributed by atoms with E-state index in [1.807, 2.05) is 33.8 Å². The number of hydrogen-bond donors (Lipinski definition) is 2. The first-order chi connectivity index (χ1) is 20.3. The van der Waals surface area contributed by atoms with Gasteiger partial charge in [-0.15, -0.1) is 0 Å². The molecule has 1 heterocycles. The molecule has 0 fully saturated rings. The van der Waals surface area contributed by atoms with Crippen molar-refractivity contribution in [3.05, 3.63) is 107 Å². The number of carbonyl (C=O) groups excluding carboxylic acids is 1. The van der Waals surface area contributed by atoms with Gasteiger partial charge in [0.15, 0.2) is 0 Å². The highest BCUT2D eigenvalue weighted by Crippen LogP contribution is 2.47. The second-order valence-electron chi connectivity index (χ2n) is 12.2. The molecule has 43 heavy (non-hydrogen) atoms. The smallest absolute Gasteiger partial charge is 0.338 e. The average Bonchev–Trinajstić information content (AvgIpc) is 2.94. The molecular formula is C34H37FN2O5S. The molecule has 7 nitrogen and oxygen atoms in total. The number of cyclic esters (lactones) is 1. The van der Waals surface area contributed by atoms with Crippen LogP contribution < -0.4 is 4.72 Å². The first kappa shape index (κ1) is 31.8. The van der Waals surface area contributed by atoms with Crippen molar-refractivity contribution in [3.63, 3.8) is 0 Å². The van der Waals surface area contributed by atoms with Gasteiger partial charge in [-0.25, -0.2) is 17.6 Å². The summed E-state index contributed by atoms with van der Waals surface area (Å²) in [7, 11) is -3.95. The van der Waals surface area contributed by atoms with Crippen LogP contribution in [0.5, 0.6) is 0 Å². The lowest BCUT2D eigenvalue weighted by Crippen LogP contribution is -2.43. The largest absolute Gasteiger partial charge is 0.512 e. The van der Waals surface area contributed by atoms with Gasteiger partial charge in [0.1, 0.15) is 17.2 Å². The highest BCUT2D eigenvalue weighted by Gasteiger charge is 2.46. The molecule has 0 amide bonds. The Balaban J connectivity index is 1.65. The SMILES string of the molecule is CCCC1(CCc2ccc(F)cc2)CC(O)=C(C(c2cccc(NS(=O)(=O)c3ccc(C#N)cc3)c2)C(C)(C)C)C(=O)O1. The Hall–Kier alpha value is -4.16. The fourth-order valence-corrected chi connectivity index (χ4v) is 6.83. The number of ether oxygens (including phenoxy) is 1. The first-order valence-electron chi connectivity index (χ1n) is 14.3. The van der Waals surface area contributed by atoms with Crippen molar-refractivity contribution in [1.82, 2.24) is 0 Å². The molecule has 9 heteroatoms. The van der Waals surface area contributed by atoms with Crippen LogP contribution in [0.15, 0.2) is 89.0 Å². The van der Waals surface area contributed by atoms with E-state index in [2.05, 4.69) is 4.72 Å². The Bertz CT molecular complexity index is 1650. The van der Waals surface area contributed by atoms with Gasteiger partial charge in [-0.2, -0.15) is 5.26 Å². The van der Waals surface area contributed by atoms with Crippen LogP contribution in [-0.2, 0) is 26.0 Å². The maximum atomic E-state index is 13.7. The van der Waals surface area contributed by atoms with E-state index in [1.54, 1.807) is 36.4 Å². The summed E-state index contributed by atoms with van der Waals surface area (Å²) >= 11 is 0. The third kappa shape index (κ3) is 7.44. The Morgan fingerprint density at radius 2 is 1.74 bits per heavy atom. The van der Waals surface area contributed by atoms with E-state index in [9.17, 15) is 22.7 Å². The lowest BCUT2D eigenvalue weighted by atomic mass is 9.70. The van der Waals surface area contributed by atoms with E-state index >= 15 is 0 Å². The third-order valence-electron chi connectivity index (χ3n) is 7.74.